The third kappa shape index (κ3) is 6.96. The zero-order valence-corrected chi connectivity index (χ0v) is 25.5. The van der Waals surface area contributed by atoms with Gasteiger partial charge in [0.25, 0.3) is 0 Å². The molecule has 3 heterocycles. The summed E-state index contributed by atoms with van der Waals surface area (Å²) in [6, 6.07) is 18.1. The van der Waals surface area contributed by atoms with E-state index in [1.807, 2.05) is 53.6 Å². The minimum absolute atomic E-state index is 0.0176. The fourth-order valence-corrected chi connectivity index (χ4v) is 9.41. The first-order valence-electron chi connectivity index (χ1n) is 15.0. The summed E-state index contributed by atoms with van der Waals surface area (Å²) in [4.78, 5) is 14.3. The molecule has 1 unspecified atom stereocenters. The number of aromatic nitrogens is 3. The van der Waals surface area contributed by atoms with Crippen LogP contribution in [0.5, 0.6) is 0 Å². The second-order valence-corrected chi connectivity index (χ2v) is 16.0. The maximum atomic E-state index is 15.7. The Hall–Kier alpha value is -2.88. The largest absolute Gasteiger partial charge is 0.395 e. The average molecular weight is 579 g/mol. The highest BCUT2D eigenvalue weighted by atomic mass is 28.4. The molecule has 0 saturated carbocycles. The van der Waals surface area contributed by atoms with Crippen molar-refractivity contribution in [3.63, 3.8) is 0 Å². The Morgan fingerprint density at radius 2 is 1.90 bits per heavy atom. The van der Waals surface area contributed by atoms with Gasteiger partial charge >= 0.3 is 0 Å². The SMILES string of the molecule is C[C@@H]1[C@@H]([Si](C)(C)F)[C@H](CCn2cc(C(CO)c3ccccc3)nn2)O[C@@H]1CCc1cccc(N2CCCCC2=O)c1. The van der Waals surface area contributed by atoms with Crippen LogP contribution in [0.2, 0.25) is 18.6 Å². The molecular weight excluding hydrogens is 535 g/mol. The predicted molar refractivity (Wildman–Crippen MR) is 161 cm³/mol. The van der Waals surface area contributed by atoms with Crippen molar-refractivity contribution in [2.24, 2.45) is 5.92 Å². The molecule has 0 radical (unpaired) electrons. The number of aliphatic hydroxyl groups excluding tert-OH is 1. The number of piperidine rings is 1. The number of carbonyl (C=O) groups is 1. The molecule has 2 aromatic carbocycles. The number of halogens is 1. The van der Waals surface area contributed by atoms with Gasteiger partial charge in [0.15, 0.2) is 0 Å². The molecule has 0 spiro atoms. The molecule has 3 aromatic rings. The minimum Gasteiger partial charge on any atom is -0.395 e. The number of hydrogen-bond donors (Lipinski definition) is 1. The Labute approximate surface area is 243 Å². The Balaban J connectivity index is 1.22. The number of carbonyl (C=O) groups excluding carboxylic acids is 1. The van der Waals surface area contributed by atoms with Crippen molar-refractivity contribution in [3.05, 3.63) is 77.6 Å². The maximum absolute atomic E-state index is 15.7. The Kier molecular flexibility index (Phi) is 9.36. The fraction of sp³-hybridized carbons (Fsp3) is 0.531. The van der Waals surface area contributed by atoms with Gasteiger partial charge in [-0.05, 0) is 74.4 Å². The second-order valence-electron chi connectivity index (χ2n) is 12.2. The van der Waals surface area contributed by atoms with Gasteiger partial charge in [-0.3, -0.25) is 9.48 Å². The normalized spacial score (nSPS) is 24.1. The van der Waals surface area contributed by atoms with Crippen LogP contribution in [-0.4, -0.2) is 59.8 Å². The summed E-state index contributed by atoms with van der Waals surface area (Å²) in [7, 11) is -2.99. The molecule has 5 atom stereocenters. The minimum atomic E-state index is -2.99. The lowest BCUT2D eigenvalue weighted by atomic mass is 9.95. The first-order chi connectivity index (χ1) is 19.7. The number of nitrogens with zero attached hydrogens (tertiary/aromatic N) is 4. The van der Waals surface area contributed by atoms with Crippen molar-refractivity contribution in [2.45, 2.75) is 88.8 Å². The summed E-state index contributed by atoms with van der Waals surface area (Å²) in [5.41, 5.74) is 3.78. The molecule has 1 aromatic heterocycles. The lowest BCUT2D eigenvalue weighted by Crippen LogP contribution is -2.36. The van der Waals surface area contributed by atoms with Gasteiger partial charge in [0, 0.05) is 36.9 Å². The van der Waals surface area contributed by atoms with Crippen LogP contribution < -0.4 is 4.90 Å². The standard InChI is InChI=1S/C32H43FN4O3Si/c1-23-29(16-15-24-10-9-13-26(20-24)37-18-8-7-14-31(37)39)40-30(32(23)41(2,3)33)17-19-36-21-28(34-35-36)27(22-38)25-11-5-4-6-12-25/h4-6,9-13,20-21,23,27,29-30,32,38H,7-8,14-19,22H2,1-3H3/t23-,27?,29+,30-,32+/m0/s1. The molecule has 2 saturated heterocycles. The summed E-state index contributed by atoms with van der Waals surface area (Å²) < 4.78 is 24.0. The summed E-state index contributed by atoms with van der Waals surface area (Å²) in [5.74, 6) is 0.101. The van der Waals surface area contributed by atoms with E-state index in [0.29, 0.717) is 19.4 Å². The molecule has 220 valence electrons. The summed E-state index contributed by atoms with van der Waals surface area (Å²) >= 11 is 0. The van der Waals surface area contributed by atoms with E-state index in [9.17, 15) is 9.90 Å². The van der Waals surface area contributed by atoms with Gasteiger partial charge in [-0.2, -0.15) is 0 Å². The van der Waals surface area contributed by atoms with Crippen molar-refractivity contribution < 1.29 is 18.7 Å². The number of rotatable bonds is 11. The molecule has 2 fully saturated rings. The average Bonchev–Trinajstić information content (AvgIpc) is 3.56. The number of hydrogen-bond acceptors (Lipinski definition) is 5. The van der Waals surface area contributed by atoms with Crippen LogP contribution in [0.4, 0.5) is 9.80 Å². The number of amides is 1. The summed E-state index contributed by atoms with van der Waals surface area (Å²) in [5, 5.41) is 18.7. The molecule has 2 aliphatic heterocycles. The molecule has 0 bridgehead atoms. The van der Waals surface area contributed by atoms with Gasteiger partial charge in [0.1, 0.15) is 0 Å². The Morgan fingerprint density at radius 3 is 2.63 bits per heavy atom. The second kappa shape index (κ2) is 13.0. The predicted octanol–water partition coefficient (Wildman–Crippen LogP) is 5.89. The van der Waals surface area contributed by atoms with Gasteiger partial charge in [-0.1, -0.05) is 54.6 Å². The zero-order chi connectivity index (χ0) is 29.0. The van der Waals surface area contributed by atoms with Crippen molar-refractivity contribution >= 4 is 20.0 Å². The highest BCUT2D eigenvalue weighted by Gasteiger charge is 2.50. The Morgan fingerprint density at radius 1 is 1.10 bits per heavy atom. The van der Waals surface area contributed by atoms with Crippen LogP contribution in [0.15, 0.2) is 60.8 Å². The topological polar surface area (TPSA) is 80.5 Å². The van der Waals surface area contributed by atoms with E-state index >= 15 is 4.11 Å². The van der Waals surface area contributed by atoms with Crippen LogP contribution in [0.3, 0.4) is 0 Å². The summed E-state index contributed by atoms with van der Waals surface area (Å²) in [6.07, 6.45) is 6.63. The van der Waals surface area contributed by atoms with Crippen molar-refractivity contribution in [3.8, 4) is 0 Å². The zero-order valence-electron chi connectivity index (χ0n) is 24.5. The van der Waals surface area contributed by atoms with Gasteiger partial charge in [0.2, 0.25) is 14.3 Å². The number of aryl methyl sites for hydroxylation is 2. The van der Waals surface area contributed by atoms with Gasteiger partial charge in [-0.25, -0.2) is 0 Å². The molecule has 1 amide bonds. The van der Waals surface area contributed by atoms with Gasteiger partial charge < -0.3 is 18.9 Å². The fourth-order valence-electron chi connectivity index (χ4n) is 6.81. The van der Waals surface area contributed by atoms with Crippen LogP contribution in [0.1, 0.15) is 61.8 Å². The lowest BCUT2D eigenvalue weighted by Gasteiger charge is -2.28. The highest BCUT2D eigenvalue weighted by Crippen LogP contribution is 2.47. The monoisotopic (exact) mass is 578 g/mol. The maximum Gasteiger partial charge on any atom is 0.246 e. The van der Waals surface area contributed by atoms with Crippen molar-refractivity contribution in [2.75, 3.05) is 18.1 Å². The molecule has 5 rings (SSSR count). The van der Waals surface area contributed by atoms with E-state index in [2.05, 4.69) is 29.4 Å². The first kappa shape index (κ1) is 29.6. The number of aliphatic hydroxyl groups is 1. The quantitative estimate of drug-likeness (QED) is 0.227. The molecule has 41 heavy (non-hydrogen) atoms. The van der Waals surface area contributed by atoms with Crippen molar-refractivity contribution in [1.29, 1.82) is 0 Å². The van der Waals surface area contributed by atoms with E-state index in [1.54, 1.807) is 17.8 Å². The Bertz CT molecular complexity index is 1300. The van der Waals surface area contributed by atoms with E-state index in [1.165, 1.54) is 5.56 Å². The molecule has 7 nitrogen and oxygen atoms in total. The highest BCUT2D eigenvalue weighted by molar-refractivity contribution is 6.72. The van der Waals surface area contributed by atoms with Crippen LogP contribution in [0, 0.1) is 5.92 Å². The lowest BCUT2D eigenvalue weighted by molar-refractivity contribution is -0.119. The van der Waals surface area contributed by atoms with Crippen LogP contribution >= 0.6 is 0 Å². The van der Waals surface area contributed by atoms with E-state index in [-0.39, 0.29) is 42.1 Å². The molecule has 1 N–H and O–H groups in total. The molecular formula is C32H43FN4O3Si. The van der Waals surface area contributed by atoms with Gasteiger partial charge in [0.05, 0.1) is 30.4 Å². The molecule has 2 aliphatic rings. The third-order valence-electron chi connectivity index (χ3n) is 8.90. The molecule has 9 heteroatoms. The third-order valence-corrected chi connectivity index (χ3v) is 11.4. The number of benzene rings is 2. The van der Waals surface area contributed by atoms with Crippen LogP contribution in [-0.2, 0) is 22.5 Å². The van der Waals surface area contributed by atoms with E-state index in [0.717, 1.165) is 49.2 Å². The van der Waals surface area contributed by atoms with E-state index < -0.39 is 8.41 Å². The smallest absolute Gasteiger partial charge is 0.246 e. The van der Waals surface area contributed by atoms with Crippen LogP contribution in [0.25, 0.3) is 0 Å². The van der Waals surface area contributed by atoms with E-state index in [4.69, 9.17) is 4.74 Å². The van der Waals surface area contributed by atoms with Crippen molar-refractivity contribution in [1.82, 2.24) is 15.0 Å². The number of ether oxygens (including phenoxy) is 1. The number of anilines is 1. The summed E-state index contributed by atoms with van der Waals surface area (Å²) in [6.45, 7) is 7.05. The first-order valence-corrected chi connectivity index (χ1v) is 18.0. The van der Waals surface area contributed by atoms with Gasteiger partial charge in [-0.15, -0.1) is 5.10 Å². The molecule has 0 aliphatic carbocycles.